The van der Waals surface area contributed by atoms with Crippen LogP contribution in [0.4, 0.5) is 24.5 Å². The van der Waals surface area contributed by atoms with Crippen LogP contribution in [0.5, 0.6) is 0 Å². The van der Waals surface area contributed by atoms with Gasteiger partial charge in [-0.3, -0.25) is 14.9 Å². The van der Waals surface area contributed by atoms with Gasteiger partial charge in [0.05, 0.1) is 10.8 Å². The molecule has 0 aliphatic carbocycles. The molecule has 5 nitrogen and oxygen atoms in total. The summed E-state index contributed by atoms with van der Waals surface area (Å²) in [6.07, 6.45) is -4.03. The van der Waals surface area contributed by atoms with E-state index in [1.54, 1.807) is 30.3 Å². The van der Waals surface area contributed by atoms with Gasteiger partial charge in [0.15, 0.2) is 5.78 Å². The topological polar surface area (TPSA) is 63.5 Å². The molecule has 0 spiro atoms. The summed E-state index contributed by atoms with van der Waals surface area (Å²) in [4.78, 5) is 24.7. The molecule has 0 N–H and O–H groups in total. The Morgan fingerprint density at radius 3 is 2.44 bits per heavy atom. The zero-order valence-corrected chi connectivity index (χ0v) is 14.3. The van der Waals surface area contributed by atoms with Crippen molar-refractivity contribution in [2.75, 3.05) is 18.0 Å². The molecule has 2 aromatic rings. The Morgan fingerprint density at radius 1 is 1.11 bits per heavy atom. The molecular weight excluding hydrogens is 361 g/mol. The highest BCUT2D eigenvalue weighted by Gasteiger charge is 2.42. The van der Waals surface area contributed by atoms with E-state index in [4.69, 9.17) is 0 Å². The molecule has 1 aliphatic heterocycles. The number of nitro benzene ring substituents is 1. The lowest BCUT2D eigenvalue weighted by Crippen LogP contribution is -2.42. The lowest BCUT2D eigenvalue weighted by molar-refractivity contribution is -0.384. The van der Waals surface area contributed by atoms with Gasteiger partial charge in [-0.1, -0.05) is 30.3 Å². The highest BCUT2D eigenvalue weighted by molar-refractivity contribution is 6.09. The van der Waals surface area contributed by atoms with Crippen LogP contribution in [-0.2, 0) is 0 Å². The molecule has 1 atom stereocenters. The van der Waals surface area contributed by atoms with Crippen LogP contribution in [0, 0.1) is 16.0 Å². The molecule has 1 heterocycles. The van der Waals surface area contributed by atoms with Gasteiger partial charge in [0.1, 0.15) is 5.69 Å². The summed E-state index contributed by atoms with van der Waals surface area (Å²) in [7, 11) is 0. The van der Waals surface area contributed by atoms with Crippen LogP contribution in [-0.4, -0.2) is 30.0 Å². The minimum atomic E-state index is -4.34. The second-order valence-corrected chi connectivity index (χ2v) is 6.48. The van der Waals surface area contributed by atoms with Crippen LogP contribution in [0.3, 0.4) is 0 Å². The fourth-order valence-electron chi connectivity index (χ4n) is 3.30. The Bertz CT molecular complexity index is 853. The van der Waals surface area contributed by atoms with Gasteiger partial charge >= 0.3 is 6.18 Å². The molecule has 0 amide bonds. The number of nitro groups is 1. The zero-order chi connectivity index (χ0) is 19.6. The molecule has 0 unspecified atom stereocenters. The monoisotopic (exact) mass is 378 g/mol. The number of carbonyl (C=O) groups is 1. The van der Waals surface area contributed by atoms with Crippen molar-refractivity contribution in [3.63, 3.8) is 0 Å². The Hall–Kier alpha value is -2.90. The number of halogens is 3. The van der Waals surface area contributed by atoms with Crippen molar-refractivity contribution in [3.8, 4) is 0 Å². The van der Waals surface area contributed by atoms with Gasteiger partial charge in [0.2, 0.25) is 0 Å². The minimum Gasteiger partial charge on any atom is -0.365 e. The SMILES string of the molecule is O=C(c1ccccc1)c1ccc(N2CCC[C@H](C(F)(F)F)C2)c([N+](=O)[O-])c1. The second kappa shape index (κ2) is 7.38. The van der Waals surface area contributed by atoms with E-state index in [2.05, 4.69) is 0 Å². The number of hydrogen-bond donors (Lipinski definition) is 0. The van der Waals surface area contributed by atoms with Crippen LogP contribution in [0.15, 0.2) is 48.5 Å². The zero-order valence-electron chi connectivity index (χ0n) is 14.3. The lowest BCUT2D eigenvalue weighted by atomic mass is 9.96. The van der Waals surface area contributed by atoms with E-state index in [0.29, 0.717) is 18.5 Å². The predicted octanol–water partition coefficient (Wildman–Crippen LogP) is 4.60. The van der Waals surface area contributed by atoms with E-state index < -0.39 is 17.0 Å². The number of hydrogen-bond acceptors (Lipinski definition) is 4. The van der Waals surface area contributed by atoms with E-state index in [-0.39, 0.29) is 35.7 Å². The van der Waals surface area contributed by atoms with Crippen molar-refractivity contribution < 1.29 is 22.9 Å². The van der Waals surface area contributed by atoms with Gasteiger partial charge in [-0.15, -0.1) is 0 Å². The molecular formula is C19H17F3N2O3. The molecule has 0 bridgehead atoms. The van der Waals surface area contributed by atoms with Gasteiger partial charge in [0.25, 0.3) is 5.69 Å². The number of benzene rings is 2. The van der Waals surface area contributed by atoms with Gasteiger partial charge in [0, 0.05) is 30.3 Å². The van der Waals surface area contributed by atoms with Crippen molar-refractivity contribution in [2.45, 2.75) is 19.0 Å². The Balaban J connectivity index is 1.93. The normalized spacial score (nSPS) is 17.6. The standard InChI is InChI=1S/C19H17F3N2O3/c20-19(21,22)15-7-4-10-23(12-15)16-9-8-14(11-17(16)24(26)27)18(25)13-5-2-1-3-6-13/h1-3,5-6,8-9,11,15H,4,7,10,12H2/t15-/m0/s1. The molecule has 27 heavy (non-hydrogen) atoms. The number of ketones is 1. The van der Waals surface area contributed by atoms with Crippen molar-refractivity contribution in [2.24, 2.45) is 5.92 Å². The highest BCUT2D eigenvalue weighted by Crippen LogP contribution is 2.38. The first-order valence-corrected chi connectivity index (χ1v) is 8.47. The van der Waals surface area contributed by atoms with Crippen LogP contribution in [0.2, 0.25) is 0 Å². The maximum Gasteiger partial charge on any atom is 0.393 e. The van der Waals surface area contributed by atoms with Crippen LogP contribution in [0.1, 0.15) is 28.8 Å². The molecule has 1 aliphatic rings. The Kier molecular flexibility index (Phi) is 5.16. The first-order chi connectivity index (χ1) is 12.8. The van der Waals surface area contributed by atoms with E-state index in [1.165, 1.54) is 17.0 Å². The second-order valence-electron chi connectivity index (χ2n) is 6.48. The molecule has 3 rings (SSSR count). The first-order valence-electron chi connectivity index (χ1n) is 8.47. The number of anilines is 1. The molecule has 142 valence electrons. The molecule has 2 aromatic carbocycles. The number of rotatable bonds is 4. The smallest absolute Gasteiger partial charge is 0.365 e. The first kappa shape index (κ1) is 18.9. The van der Waals surface area contributed by atoms with E-state index >= 15 is 0 Å². The summed E-state index contributed by atoms with van der Waals surface area (Å²) in [5.74, 6) is -1.89. The average Bonchev–Trinajstić information content (AvgIpc) is 2.67. The number of alkyl halides is 3. The summed E-state index contributed by atoms with van der Waals surface area (Å²) in [6.45, 7) is -0.0181. The largest absolute Gasteiger partial charge is 0.393 e. The van der Waals surface area contributed by atoms with Crippen molar-refractivity contribution >= 4 is 17.2 Å². The van der Waals surface area contributed by atoms with Gasteiger partial charge in [-0.05, 0) is 25.0 Å². The molecule has 0 radical (unpaired) electrons. The quantitative estimate of drug-likeness (QED) is 0.443. The molecule has 1 fully saturated rings. The Labute approximate surface area is 153 Å². The Morgan fingerprint density at radius 2 is 1.81 bits per heavy atom. The molecule has 1 saturated heterocycles. The maximum atomic E-state index is 13.0. The fraction of sp³-hybridized carbons (Fsp3) is 0.316. The van der Waals surface area contributed by atoms with Crippen molar-refractivity contribution in [1.82, 2.24) is 0 Å². The third kappa shape index (κ3) is 4.10. The van der Waals surface area contributed by atoms with Gasteiger partial charge < -0.3 is 4.90 Å². The number of carbonyl (C=O) groups excluding carboxylic acids is 1. The lowest BCUT2D eigenvalue weighted by Gasteiger charge is -2.35. The van der Waals surface area contributed by atoms with E-state index in [0.717, 1.165) is 6.07 Å². The summed E-state index contributed by atoms with van der Waals surface area (Å²) >= 11 is 0. The number of nitrogens with zero attached hydrogens (tertiary/aromatic N) is 2. The molecule has 0 saturated carbocycles. The summed E-state index contributed by atoms with van der Waals surface area (Å²) in [5.41, 5.74) is 0.258. The van der Waals surface area contributed by atoms with Gasteiger partial charge in [-0.25, -0.2) is 0 Å². The maximum absolute atomic E-state index is 13.0. The van der Waals surface area contributed by atoms with Crippen molar-refractivity contribution in [3.05, 3.63) is 69.8 Å². The van der Waals surface area contributed by atoms with Crippen molar-refractivity contribution in [1.29, 1.82) is 0 Å². The summed E-state index contributed by atoms with van der Waals surface area (Å²) < 4.78 is 39.1. The molecule has 8 heteroatoms. The summed E-state index contributed by atoms with van der Waals surface area (Å²) in [5, 5.41) is 11.5. The number of piperidine rings is 1. The minimum absolute atomic E-state index is 0.0123. The van der Waals surface area contributed by atoms with Crippen LogP contribution in [0.25, 0.3) is 0 Å². The third-order valence-electron chi connectivity index (χ3n) is 4.70. The summed E-state index contributed by atoms with van der Waals surface area (Å²) in [6, 6.07) is 12.2. The van der Waals surface area contributed by atoms with Crippen LogP contribution >= 0.6 is 0 Å². The fourth-order valence-corrected chi connectivity index (χ4v) is 3.30. The van der Waals surface area contributed by atoms with E-state index in [1.807, 2.05) is 0 Å². The van der Waals surface area contributed by atoms with E-state index in [9.17, 15) is 28.1 Å². The van der Waals surface area contributed by atoms with Gasteiger partial charge in [-0.2, -0.15) is 13.2 Å². The predicted molar refractivity (Wildman–Crippen MR) is 94.0 cm³/mol. The average molecular weight is 378 g/mol. The highest BCUT2D eigenvalue weighted by atomic mass is 19.4. The third-order valence-corrected chi connectivity index (χ3v) is 4.70. The van der Waals surface area contributed by atoms with Crippen LogP contribution < -0.4 is 4.90 Å². The molecule has 0 aromatic heterocycles.